The first-order valence-electron chi connectivity index (χ1n) is 8.74. The van der Waals surface area contributed by atoms with Crippen LogP contribution in [-0.2, 0) is 16.6 Å². The van der Waals surface area contributed by atoms with Gasteiger partial charge in [-0.15, -0.1) is 0 Å². The number of amides is 1. The minimum atomic E-state index is -3.89. The van der Waals surface area contributed by atoms with Crippen molar-refractivity contribution < 1.29 is 23.1 Å². The number of rotatable bonds is 7. The summed E-state index contributed by atoms with van der Waals surface area (Å²) in [5.41, 5.74) is 0.970. The Morgan fingerprint density at radius 1 is 0.933 bits per heavy atom. The lowest BCUT2D eigenvalue weighted by molar-refractivity contribution is 0.0696. The highest BCUT2D eigenvalue weighted by molar-refractivity contribution is 7.89. The maximum Gasteiger partial charge on any atom is 0.335 e. The van der Waals surface area contributed by atoms with Crippen LogP contribution in [0.2, 0.25) is 5.02 Å². The largest absolute Gasteiger partial charge is 0.478 e. The summed E-state index contributed by atoms with van der Waals surface area (Å²) >= 11 is 6.09. The van der Waals surface area contributed by atoms with E-state index in [9.17, 15) is 18.0 Å². The van der Waals surface area contributed by atoms with Crippen LogP contribution in [0.3, 0.4) is 0 Å². The predicted molar refractivity (Wildman–Crippen MR) is 113 cm³/mol. The van der Waals surface area contributed by atoms with Crippen LogP contribution in [0, 0.1) is 0 Å². The van der Waals surface area contributed by atoms with Gasteiger partial charge < -0.3 is 10.4 Å². The molecule has 0 saturated carbocycles. The van der Waals surface area contributed by atoms with Gasteiger partial charge in [-0.25, -0.2) is 17.9 Å². The summed E-state index contributed by atoms with van der Waals surface area (Å²) in [6.45, 7) is 0.0926. The van der Waals surface area contributed by atoms with E-state index in [2.05, 4.69) is 10.0 Å². The van der Waals surface area contributed by atoms with Gasteiger partial charge >= 0.3 is 5.97 Å². The van der Waals surface area contributed by atoms with Crippen LogP contribution >= 0.6 is 11.6 Å². The number of nitrogens with one attached hydrogen (secondary N) is 2. The Morgan fingerprint density at radius 3 is 2.37 bits per heavy atom. The number of carboxylic acids is 1. The van der Waals surface area contributed by atoms with Crippen LogP contribution in [0.4, 0.5) is 5.69 Å². The number of benzene rings is 3. The van der Waals surface area contributed by atoms with Gasteiger partial charge in [0.15, 0.2) is 0 Å². The maximum atomic E-state index is 12.6. The molecular formula is C21H17ClN2O5S. The average Bonchev–Trinajstić information content (AvgIpc) is 2.73. The topological polar surface area (TPSA) is 113 Å². The number of carbonyl (C=O) groups excluding carboxylic acids is 1. The fraction of sp³-hybridized carbons (Fsp3) is 0.0476. The third kappa shape index (κ3) is 5.24. The van der Waals surface area contributed by atoms with Crippen molar-refractivity contribution in [2.75, 3.05) is 5.32 Å². The molecule has 0 spiro atoms. The molecule has 3 aromatic carbocycles. The molecule has 1 amide bonds. The van der Waals surface area contributed by atoms with E-state index in [0.29, 0.717) is 0 Å². The summed E-state index contributed by atoms with van der Waals surface area (Å²) in [4.78, 5) is 23.6. The quantitative estimate of drug-likeness (QED) is 0.513. The molecular weight excluding hydrogens is 428 g/mol. The molecule has 0 aliphatic carbocycles. The fourth-order valence-electron chi connectivity index (χ4n) is 2.63. The molecule has 0 aromatic heterocycles. The summed E-state index contributed by atoms with van der Waals surface area (Å²) in [5, 5.41) is 11.6. The van der Waals surface area contributed by atoms with Crippen molar-refractivity contribution in [2.24, 2.45) is 0 Å². The van der Waals surface area contributed by atoms with E-state index in [1.807, 2.05) is 6.07 Å². The van der Waals surface area contributed by atoms with Gasteiger partial charge in [0.1, 0.15) is 0 Å². The highest BCUT2D eigenvalue weighted by Gasteiger charge is 2.19. The van der Waals surface area contributed by atoms with E-state index in [-0.39, 0.29) is 33.3 Å². The van der Waals surface area contributed by atoms with Crippen LogP contribution in [0.1, 0.15) is 26.3 Å². The molecule has 0 saturated heterocycles. The highest BCUT2D eigenvalue weighted by Crippen LogP contribution is 2.22. The first-order valence-corrected chi connectivity index (χ1v) is 10.6. The number of halogens is 1. The number of aromatic carboxylic acids is 1. The standard InChI is InChI=1S/C21H17ClN2O5S/c22-19-10-9-17(30(28,29)23-13-14-5-2-1-3-6-14)12-18(19)20(25)24-16-8-4-7-15(11-16)21(26)27/h1-12,23H,13H2,(H,24,25)(H,26,27). The van der Waals surface area contributed by atoms with E-state index in [1.54, 1.807) is 24.3 Å². The first kappa shape index (κ1) is 21.5. The molecule has 0 bridgehead atoms. The van der Waals surface area contributed by atoms with Crippen molar-refractivity contribution in [3.63, 3.8) is 0 Å². The lowest BCUT2D eigenvalue weighted by atomic mass is 10.1. The van der Waals surface area contributed by atoms with Crippen LogP contribution in [0.25, 0.3) is 0 Å². The molecule has 3 rings (SSSR count). The highest BCUT2D eigenvalue weighted by atomic mass is 35.5. The zero-order valence-electron chi connectivity index (χ0n) is 15.5. The summed E-state index contributed by atoms with van der Waals surface area (Å²) < 4.78 is 27.7. The van der Waals surface area contributed by atoms with Gasteiger partial charge in [-0.3, -0.25) is 4.79 Å². The van der Waals surface area contributed by atoms with Crippen LogP contribution in [-0.4, -0.2) is 25.4 Å². The summed E-state index contributed by atoms with van der Waals surface area (Å²) in [5.74, 6) is -1.80. The third-order valence-corrected chi connectivity index (χ3v) is 5.90. The molecule has 0 radical (unpaired) electrons. The number of carbonyl (C=O) groups is 2. The van der Waals surface area contributed by atoms with E-state index in [0.717, 1.165) is 5.56 Å². The lowest BCUT2D eigenvalue weighted by Gasteiger charge is -2.11. The fourth-order valence-corrected chi connectivity index (χ4v) is 3.88. The normalized spacial score (nSPS) is 11.1. The summed E-state index contributed by atoms with van der Waals surface area (Å²) in [7, 11) is -3.89. The van der Waals surface area contributed by atoms with Crippen molar-refractivity contribution in [3.05, 3.63) is 94.5 Å². The summed E-state index contributed by atoms with van der Waals surface area (Å²) in [6, 6.07) is 18.5. The zero-order valence-corrected chi connectivity index (χ0v) is 17.1. The number of hydrogen-bond acceptors (Lipinski definition) is 4. The number of sulfonamides is 1. The SMILES string of the molecule is O=C(O)c1cccc(NC(=O)c2cc(S(=O)(=O)NCc3ccccc3)ccc2Cl)c1. The predicted octanol–water partition coefficient (Wildman–Crippen LogP) is 3.77. The Labute approximate surface area is 178 Å². The molecule has 0 fully saturated rings. The number of hydrogen-bond donors (Lipinski definition) is 3. The maximum absolute atomic E-state index is 12.6. The van der Waals surface area contributed by atoms with Gasteiger partial charge in [0, 0.05) is 12.2 Å². The van der Waals surface area contributed by atoms with Gasteiger partial charge in [0.05, 0.1) is 21.0 Å². The van der Waals surface area contributed by atoms with Crippen LogP contribution < -0.4 is 10.0 Å². The number of anilines is 1. The second-order valence-electron chi connectivity index (χ2n) is 6.29. The van der Waals surface area contributed by atoms with Gasteiger partial charge in [-0.1, -0.05) is 48.0 Å². The van der Waals surface area contributed by atoms with Crippen molar-refractivity contribution >= 4 is 39.2 Å². The molecule has 0 heterocycles. The Balaban J connectivity index is 1.81. The molecule has 0 aliphatic rings. The molecule has 0 unspecified atom stereocenters. The minimum absolute atomic E-state index is 0.000312. The van der Waals surface area contributed by atoms with E-state index >= 15 is 0 Å². The van der Waals surface area contributed by atoms with E-state index in [1.165, 1.54) is 42.5 Å². The molecule has 0 aliphatic heterocycles. The minimum Gasteiger partial charge on any atom is -0.478 e. The molecule has 30 heavy (non-hydrogen) atoms. The molecule has 9 heteroatoms. The van der Waals surface area contributed by atoms with Crippen LogP contribution in [0.15, 0.2) is 77.7 Å². The second kappa shape index (κ2) is 9.08. The van der Waals surface area contributed by atoms with Crippen molar-refractivity contribution in [1.29, 1.82) is 0 Å². The average molecular weight is 445 g/mol. The first-order chi connectivity index (χ1) is 14.3. The van der Waals surface area contributed by atoms with Crippen molar-refractivity contribution in [1.82, 2.24) is 4.72 Å². The molecule has 3 aromatic rings. The molecule has 154 valence electrons. The van der Waals surface area contributed by atoms with Gasteiger partial charge in [-0.05, 0) is 42.0 Å². The van der Waals surface area contributed by atoms with E-state index < -0.39 is 21.9 Å². The monoisotopic (exact) mass is 444 g/mol. The van der Waals surface area contributed by atoms with Crippen LogP contribution in [0.5, 0.6) is 0 Å². The van der Waals surface area contributed by atoms with Gasteiger partial charge in [-0.2, -0.15) is 0 Å². The van der Waals surface area contributed by atoms with Gasteiger partial charge in [0.25, 0.3) is 5.91 Å². The van der Waals surface area contributed by atoms with E-state index in [4.69, 9.17) is 16.7 Å². The van der Waals surface area contributed by atoms with Crippen molar-refractivity contribution in [2.45, 2.75) is 11.4 Å². The third-order valence-electron chi connectivity index (χ3n) is 4.17. The lowest BCUT2D eigenvalue weighted by Crippen LogP contribution is -2.24. The Hall–Kier alpha value is -3.20. The smallest absolute Gasteiger partial charge is 0.335 e. The molecule has 7 nitrogen and oxygen atoms in total. The molecule has 3 N–H and O–H groups in total. The Bertz CT molecular complexity index is 1200. The summed E-state index contributed by atoms with van der Waals surface area (Å²) in [6.07, 6.45) is 0. The second-order valence-corrected chi connectivity index (χ2v) is 8.47. The van der Waals surface area contributed by atoms with Crippen molar-refractivity contribution in [3.8, 4) is 0 Å². The number of carboxylic acid groups (broad SMARTS) is 1. The Morgan fingerprint density at radius 2 is 1.67 bits per heavy atom. The Kier molecular flexibility index (Phi) is 6.51. The zero-order chi connectivity index (χ0) is 21.7. The molecule has 0 atom stereocenters. The van der Waals surface area contributed by atoms with Gasteiger partial charge in [0.2, 0.25) is 10.0 Å².